The maximum atomic E-state index is 12.1. The third-order valence-corrected chi connectivity index (χ3v) is 5.09. The van der Waals surface area contributed by atoms with E-state index in [2.05, 4.69) is 0 Å². The van der Waals surface area contributed by atoms with Gasteiger partial charge in [-0.05, 0) is 25.5 Å². The largest absolute Gasteiger partial charge is 0.480 e. The number of hydrogen-bond acceptors (Lipinski definition) is 4. The minimum Gasteiger partial charge on any atom is -0.480 e. The van der Waals surface area contributed by atoms with Crippen LogP contribution in [-0.4, -0.2) is 37.8 Å². The number of sulfone groups is 1. The summed E-state index contributed by atoms with van der Waals surface area (Å²) in [6.45, 7) is 5.19. The van der Waals surface area contributed by atoms with Crippen LogP contribution in [-0.2, 0) is 14.6 Å². The molecule has 1 aromatic carbocycles. The van der Waals surface area contributed by atoms with Crippen LogP contribution in [0.15, 0.2) is 29.2 Å². The molecule has 1 unspecified atom stereocenters. The Labute approximate surface area is 120 Å². The minimum absolute atomic E-state index is 0.00850. The zero-order chi connectivity index (χ0) is 15.3. The fourth-order valence-corrected chi connectivity index (χ4v) is 3.06. The Bertz CT molecular complexity index is 568. The number of carbonyl (C=O) groups is 1. The van der Waals surface area contributed by atoms with Crippen LogP contribution in [0.1, 0.15) is 27.2 Å². The van der Waals surface area contributed by atoms with Crippen molar-refractivity contribution in [2.24, 2.45) is 0 Å². The van der Waals surface area contributed by atoms with Gasteiger partial charge in [-0.3, -0.25) is 4.79 Å². The molecule has 0 fully saturated rings. The van der Waals surface area contributed by atoms with Crippen LogP contribution in [0.5, 0.6) is 0 Å². The molecule has 0 radical (unpaired) electrons. The van der Waals surface area contributed by atoms with Crippen LogP contribution >= 0.6 is 0 Å². The van der Waals surface area contributed by atoms with Gasteiger partial charge in [-0.25, -0.2) is 8.42 Å². The molecule has 0 bridgehead atoms. The molecule has 1 rings (SSSR count). The number of hydrogen-bond donors (Lipinski definition) is 1. The molecule has 0 saturated heterocycles. The molecule has 0 aliphatic heterocycles. The first-order chi connectivity index (χ1) is 9.33. The monoisotopic (exact) mass is 299 g/mol. The Hall–Kier alpha value is -1.56. The van der Waals surface area contributed by atoms with Crippen LogP contribution in [0.2, 0.25) is 0 Å². The molecular formula is C14H21NO4S. The van der Waals surface area contributed by atoms with Crippen molar-refractivity contribution in [2.75, 3.05) is 17.2 Å². The van der Waals surface area contributed by atoms with Crippen molar-refractivity contribution in [2.45, 2.75) is 38.1 Å². The van der Waals surface area contributed by atoms with E-state index < -0.39 is 15.8 Å². The number of carboxylic acid groups (broad SMARTS) is 1. The summed E-state index contributed by atoms with van der Waals surface area (Å²) in [6, 6.07) is 6.52. The summed E-state index contributed by atoms with van der Waals surface area (Å²) in [5, 5.41) is 9.05. The van der Waals surface area contributed by atoms with Gasteiger partial charge in [0, 0.05) is 6.04 Å². The van der Waals surface area contributed by atoms with Gasteiger partial charge in [-0.1, -0.05) is 26.0 Å². The molecule has 112 valence electrons. The molecule has 1 N–H and O–H groups in total. The van der Waals surface area contributed by atoms with Crippen LogP contribution in [0.25, 0.3) is 0 Å². The number of nitrogens with zero attached hydrogens (tertiary/aromatic N) is 1. The van der Waals surface area contributed by atoms with Gasteiger partial charge in [-0.2, -0.15) is 0 Å². The predicted molar refractivity (Wildman–Crippen MR) is 78.9 cm³/mol. The summed E-state index contributed by atoms with van der Waals surface area (Å²) in [6.07, 6.45) is 0.730. The first-order valence-electron chi connectivity index (χ1n) is 6.63. The molecule has 0 amide bonds. The Morgan fingerprint density at radius 3 is 2.40 bits per heavy atom. The summed E-state index contributed by atoms with van der Waals surface area (Å²) in [4.78, 5) is 12.9. The van der Waals surface area contributed by atoms with Gasteiger partial charge >= 0.3 is 5.97 Å². The van der Waals surface area contributed by atoms with Crippen LogP contribution in [0.4, 0.5) is 5.69 Å². The molecule has 0 spiro atoms. The highest BCUT2D eigenvalue weighted by Crippen LogP contribution is 2.28. The number of carboxylic acids is 1. The molecule has 0 saturated carbocycles. The topological polar surface area (TPSA) is 74.7 Å². The summed E-state index contributed by atoms with van der Waals surface area (Å²) in [7, 11) is -3.39. The van der Waals surface area contributed by atoms with E-state index in [-0.39, 0.29) is 23.2 Å². The van der Waals surface area contributed by atoms with Gasteiger partial charge in [-0.15, -0.1) is 0 Å². The second kappa shape index (κ2) is 6.74. The lowest BCUT2D eigenvalue weighted by molar-refractivity contribution is -0.135. The highest BCUT2D eigenvalue weighted by Gasteiger charge is 2.24. The van der Waals surface area contributed by atoms with Crippen molar-refractivity contribution >= 4 is 21.5 Å². The van der Waals surface area contributed by atoms with E-state index in [1.54, 1.807) is 30.0 Å². The van der Waals surface area contributed by atoms with E-state index >= 15 is 0 Å². The lowest BCUT2D eigenvalue weighted by atomic mass is 10.2. The van der Waals surface area contributed by atoms with E-state index in [9.17, 15) is 13.2 Å². The third-order valence-electron chi connectivity index (χ3n) is 3.32. The van der Waals surface area contributed by atoms with Crippen molar-refractivity contribution in [3.05, 3.63) is 24.3 Å². The van der Waals surface area contributed by atoms with E-state index in [4.69, 9.17) is 5.11 Å². The van der Waals surface area contributed by atoms with Gasteiger partial charge in [0.25, 0.3) is 0 Å². The van der Waals surface area contributed by atoms with Crippen LogP contribution < -0.4 is 4.90 Å². The maximum Gasteiger partial charge on any atom is 0.323 e. The van der Waals surface area contributed by atoms with Gasteiger partial charge in [0.1, 0.15) is 6.54 Å². The molecule has 0 aromatic heterocycles. The molecule has 20 heavy (non-hydrogen) atoms. The van der Waals surface area contributed by atoms with Crippen molar-refractivity contribution in [3.8, 4) is 0 Å². The molecule has 5 nitrogen and oxygen atoms in total. The van der Waals surface area contributed by atoms with Crippen LogP contribution in [0.3, 0.4) is 0 Å². The van der Waals surface area contributed by atoms with E-state index in [0.29, 0.717) is 5.69 Å². The maximum absolute atomic E-state index is 12.1. The molecule has 6 heteroatoms. The third kappa shape index (κ3) is 3.72. The Balaban J connectivity index is 3.37. The van der Waals surface area contributed by atoms with E-state index in [0.717, 1.165) is 6.42 Å². The number of anilines is 1. The highest BCUT2D eigenvalue weighted by atomic mass is 32.2. The first kappa shape index (κ1) is 16.5. The van der Waals surface area contributed by atoms with Crippen LogP contribution in [0, 0.1) is 0 Å². The average Bonchev–Trinajstić information content (AvgIpc) is 2.43. The number of rotatable bonds is 7. The Morgan fingerprint density at radius 1 is 1.30 bits per heavy atom. The van der Waals surface area contributed by atoms with Crippen molar-refractivity contribution in [1.29, 1.82) is 0 Å². The standard InChI is InChI=1S/C14H21NO4S/c1-4-11(3)15(10-14(16)17)12-8-6-7-9-13(12)20(18,19)5-2/h6-9,11H,4-5,10H2,1-3H3,(H,16,17). The van der Waals surface area contributed by atoms with E-state index in [1.165, 1.54) is 6.07 Å². The van der Waals surface area contributed by atoms with Gasteiger partial charge in [0.2, 0.25) is 0 Å². The molecule has 0 aliphatic carbocycles. The summed E-state index contributed by atoms with van der Waals surface area (Å²) < 4.78 is 24.3. The lowest BCUT2D eigenvalue weighted by Gasteiger charge is -2.30. The molecule has 0 aliphatic rings. The number of para-hydroxylation sites is 1. The molecule has 1 aromatic rings. The summed E-state index contributed by atoms with van der Waals surface area (Å²) >= 11 is 0. The minimum atomic E-state index is -3.39. The van der Waals surface area contributed by atoms with Crippen molar-refractivity contribution < 1.29 is 18.3 Å². The zero-order valence-electron chi connectivity index (χ0n) is 12.0. The predicted octanol–water partition coefficient (Wildman–Crippen LogP) is 2.17. The Morgan fingerprint density at radius 2 is 1.90 bits per heavy atom. The second-order valence-electron chi connectivity index (χ2n) is 4.65. The smallest absolute Gasteiger partial charge is 0.323 e. The second-order valence-corrected chi connectivity index (χ2v) is 6.90. The normalized spacial score (nSPS) is 12.9. The Kier molecular flexibility index (Phi) is 5.56. The summed E-state index contributed by atoms with van der Waals surface area (Å²) in [5.41, 5.74) is 0.464. The highest BCUT2D eigenvalue weighted by molar-refractivity contribution is 7.91. The summed E-state index contributed by atoms with van der Waals surface area (Å²) in [5.74, 6) is -0.986. The SMILES string of the molecule is CCC(C)N(CC(=O)O)c1ccccc1S(=O)(=O)CC. The number of benzene rings is 1. The fraction of sp³-hybridized carbons (Fsp3) is 0.500. The van der Waals surface area contributed by atoms with Gasteiger partial charge in [0.05, 0.1) is 16.3 Å². The molecule has 1 atom stereocenters. The van der Waals surface area contributed by atoms with Gasteiger partial charge in [0.15, 0.2) is 9.84 Å². The number of aliphatic carboxylic acids is 1. The quantitative estimate of drug-likeness (QED) is 0.835. The van der Waals surface area contributed by atoms with Gasteiger partial charge < -0.3 is 10.0 Å². The zero-order valence-corrected chi connectivity index (χ0v) is 12.9. The van der Waals surface area contributed by atoms with E-state index in [1.807, 2.05) is 13.8 Å². The van der Waals surface area contributed by atoms with Crippen molar-refractivity contribution in [1.82, 2.24) is 0 Å². The first-order valence-corrected chi connectivity index (χ1v) is 8.28. The van der Waals surface area contributed by atoms with Crippen molar-refractivity contribution in [3.63, 3.8) is 0 Å². The lowest BCUT2D eigenvalue weighted by Crippen LogP contribution is -2.38. The molecular weight excluding hydrogens is 278 g/mol. The molecule has 0 heterocycles. The average molecular weight is 299 g/mol. The fourth-order valence-electron chi connectivity index (χ4n) is 1.96.